The van der Waals surface area contributed by atoms with Crippen molar-refractivity contribution in [3.05, 3.63) is 0 Å². The van der Waals surface area contributed by atoms with Gasteiger partial charge in [0, 0.05) is 12.6 Å². The first-order valence-electron chi connectivity index (χ1n) is 4.69. The van der Waals surface area contributed by atoms with Crippen LogP contribution in [-0.2, 0) is 0 Å². The number of aliphatic hydroxyl groups is 1. The van der Waals surface area contributed by atoms with Gasteiger partial charge in [-0.3, -0.25) is 0 Å². The first-order valence-corrected chi connectivity index (χ1v) is 4.69. The number of rotatable bonds is 3. The molecule has 0 amide bonds. The van der Waals surface area contributed by atoms with E-state index in [1.807, 2.05) is 0 Å². The summed E-state index contributed by atoms with van der Waals surface area (Å²) in [5, 5.41) is 12.1. The lowest BCUT2D eigenvalue weighted by Crippen LogP contribution is -2.40. The zero-order chi connectivity index (χ0) is 8.10. The molecule has 1 aliphatic rings. The van der Waals surface area contributed by atoms with Crippen molar-refractivity contribution >= 4 is 0 Å². The van der Waals surface area contributed by atoms with Crippen molar-refractivity contribution in [2.24, 2.45) is 5.92 Å². The van der Waals surface area contributed by atoms with Gasteiger partial charge in [-0.05, 0) is 38.1 Å². The Labute approximate surface area is 69.0 Å². The number of hydrogen-bond acceptors (Lipinski definition) is 2. The van der Waals surface area contributed by atoms with Crippen LogP contribution in [0.3, 0.4) is 0 Å². The van der Waals surface area contributed by atoms with E-state index >= 15 is 0 Å². The van der Waals surface area contributed by atoms with Gasteiger partial charge in [-0.15, -0.1) is 0 Å². The Morgan fingerprint density at radius 2 is 2.36 bits per heavy atom. The van der Waals surface area contributed by atoms with E-state index in [0.717, 1.165) is 18.8 Å². The minimum absolute atomic E-state index is 0.338. The summed E-state index contributed by atoms with van der Waals surface area (Å²) in [5.74, 6) is 0.801. The van der Waals surface area contributed by atoms with Gasteiger partial charge in [0.15, 0.2) is 0 Å². The molecule has 0 aromatic carbocycles. The maximum Gasteiger partial charge on any atom is 0.0431 e. The van der Waals surface area contributed by atoms with E-state index in [1.54, 1.807) is 0 Å². The highest BCUT2D eigenvalue weighted by molar-refractivity contribution is 4.77. The summed E-state index contributed by atoms with van der Waals surface area (Å²) < 4.78 is 0. The van der Waals surface area contributed by atoms with E-state index in [9.17, 15) is 0 Å². The molecule has 1 saturated heterocycles. The Kier molecular flexibility index (Phi) is 3.87. The van der Waals surface area contributed by atoms with Gasteiger partial charge >= 0.3 is 0 Å². The molecule has 0 spiro atoms. The molecule has 1 aliphatic heterocycles. The summed E-state index contributed by atoms with van der Waals surface area (Å²) >= 11 is 0. The number of hydrogen-bond donors (Lipinski definition) is 2. The summed E-state index contributed by atoms with van der Waals surface area (Å²) in [6.45, 7) is 3.81. The van der Waals surface area contributed by atoms with E-state index in [0.29, 0.717) is 12.6 Å². The molecule has 66 valence electrons. The van der Waals surface area contributed by atoms with Crippen LogP contribution < -0.4 is 5.32 Å². The summed E-state index contributed by atoms with van der Waals surface area (Å²) in [6.07, 6.45) is 4.75. The molecular weight excluding hydrogens is 138 g/mol. The van der Waals surface area contributed by atoms with Crippen molar-refractivity contribution in [3.8, 4) is 0 Å². The molecule has 1 heterocycles. The first-order chi connectivity index (χ1) is 5.34. The molecule has 2 atom stereocenters. The monoisotopic (exact) mass is 157 g/mol. The molecular formula is C9H19NO. The summed E-state index contributed by atoms with van der Waals surface area (Å²) in [6, 6.07) is 0.663. The standard InChI is InChI=1S/C9H19NO/c1-8-4-2-6-10-9(8)5-3-7-11/h8-11H,2-7H2,1H3/t8-,9-/m0/s1. The Balaban J connectivity index is 2.18. The van der Waals surface area contributed by atoms with Gasteiger partial charge in [-0.25, -0.2) is 0 Å². The highest BCUT2D eigenvalue weighted by atomic mass is 16.2. The highest BCUT2D eigenvalue weighted by Crippen LogP contribution is 2.18. The van der Waals surface area contributed by atoms with Gasteiger partial charge < -0.3 is 10.4 Å². The zero-order valence-electron chi connectivity index (χ0n) is 7.34. The molecule has 0 unspecified atom stereocenters. The Morgan fingerprint density at radius 3 is 3.00 bits per heavy atom. The average Bonchev–Trinajstić information content (AvgIpc) is 2.03. The topological polar surface area (TPSA) is 32.3 Å². The molecule has 2 nitrogen and oxygen atoms in total. The summed E-state index contributed by atoms with van der Waals surface area (Å²) in [5.41, 5.74) is 0. The van der Waals surface area contributed by atoms with Crippen molar-refractivity contribution < 1.29 is 5.11 Å². The predicted molar refractivity (Wildman–Crippen MR) is 46.5 cm³/mol. The number of piperidine rings is 1. The second-order valence-electron chi connectivity index (χ2n) is 3.55. The maximum atomic E-state index is 8.66. The fourth-order valence-corrected chi connectivity index (χ4v) is 1.81. The van der Waals surface area contributed by atoms with Crippen LogP contribution in [0.15, 0.2) is 0 Å². The van der Waals surface area contributed by atoms with Crippen LogP contribution in [0.4, 0.5) is 0 Å². The first kappa shape index (κ1) is 9.01. The molecule has 0 aromatic rings. The van der Waals surface area contributed by atoms with Crippen LogP contribution in [0, 0.1) is 5.92 Å². The normalized spacial score (nSPS) is 32.2. The van der Waals surface area contributed by atoms with Gasteiger partial charge in [0.2, 0.25) is 0 Å². The second-order valence-corrected chi connectivity index (χ2v) is 3.55. The van der Waals surface area contributed by atoms with Gasteiger partial charge in [-0.1, -0.05) is 6.92 Å². The third-order valence-electron chi connectivity index (χ3n) is 2.60. The van der Waals surface area contributed by atoms with Crippen molar-refractivity contribution in [2.45, 2.75) is 38.6 Å². The third-order valence-corrected chi connectivity index (χ3v) is 2.60. The van der Waals surface area contributed by atoms with Crippen molar-refractivity contribution in [2.75, 3.05) is 13.2 Å². The Hall–Kier alpha value is -0.0800. The van der Waals surface area contributed by atoms with Crippen molar-refractivity contribution in [1.82, 2.24) is 5.32 Å². The Bertz CT molecular complexity index is 106. The summed E-state index contributed by atoms with van der Waals surface area (Å²) in [4.78, 5) is 0. The van der Waals surface area contributed by atoms with Crippen LogP contribution in [0.2, 0.25) is 0 Å². The minimum Gasteiger partial charge on any atom is -0.396 e. The van der Waals surface area contributed by atoms with Crippen molar-refractivity contribution in [3.63, 3.8) is 0 Å². The maximum absolute atomic E-state index is 8.66. The smallest absolute Gasteiger partial charge is 0.0431 e. The van der Waals surface area contributed by atoms with E-state index in [-0.39, 0.29) is 0 Å². The van der Waals surface area contributed by atoms with Gasteiger partial charge in [0.25, 0.3) is 0 Å². The number of aliphatic hydroxyl groups excluding tert-OH is 1. The van der Waals surface area contributed by atoms with Gasteiger partial charge in [0.1, 0.15) is 0 Å². The van der Waals surface area contributed by atoms with Crippen LogP contribution in [-0.4, -0.2) is 24.3 Å². The van der Waals surface area contributed by atoms with Crippen LogP contribution in [0.5, 0.6) is 0 Å². The second kappa shape index (κ2) is 4.73. The molecule has 2 N–H and O–H groups in total. The van der Waals surface area contributed by atoms with E-state index in [2.05, 4.69) is 12.2 Å². The fraction of sp³-hybridized carbons (Fsp3) is 1.00. The molecule has 2 heteroatoms. The summed E-state index contributed by atoms with van der Waals surface area (Å²) in [7, 11) is 0. The number of nitrogens with one attached hydrogen (secondary N) is 1. The van der Waals surface area contributed by atoms with E-state index in [1.165, 1.54) is 19.4 Å². The molecule has 11 heavy (non-hydrogen) atoms. The lowest BCUT2D eigenvalue weighted by molar-refractivity contribution is 0.239. The minimum atomic E-state index is 0.338. The van der Waals surface area contributed by atoms with E-state index < -0.39 is 0 Å². The predicted octanol–water partition coefficient (Wildman–Crippen LogP) is 1.15. The van der Waals surface area contributed by atoms with Crippen LogP contribution in [0.25, 0.3) is 0 Å². The lowest BCUT2D eigenvalue weighted by atomic mass is 9.90. The molecule has 1 fully saturated rings. The molecule has 0 radical (unpaired) electrons. The lowest BCUT2D eigenvalue weighted by Gasteiger charge is -2.29. The SMILES string of the molecule is C[C@H]1CCCN[C@H]1CCCO. The quantitative estimate of drug-likeness (QED) is 0.644. The molecule has 1 rings (SSSR count). The fourth-order valence-electron chi connectivity index (χ4n) is 1.81. The third kappa shape index (κ3) is 2.80. The van der Waals surface area contributed by atoms with Crippen LogP contribution >= 0.6 is 0 Å². The largest absolute Gasteiger partial charge is 0.396 e. The molecule has 0 saturated carbocycles. The van der Waals surface area contributed by atoms with Gasteiger partial charge in [0.05, 0.1) is 0 Å². The van der Waals surface area contributed by atoms with E-state index in [4.69, 9.17) is 5.11 Å². The molecule has 0 aliphatic carbocycles. The highest BCUT2D eigenvalue weighted by Gasteiger charge is 2.19. The van der Waals surface area contributed by atoms with Gasteiger partial charge in [-0.2, -0.15) is 0 Å². The molecule has 0 bridgehead atoms. The zero-order valence-corrected chi connectivity index (χ0v) is 7.34. The molecule has 0 aromatic heterocycles. The Morgan fingerprint density at radius 1 is 1.55 bits per heavy atom. The average molecular weight is 157 g/mol. The van der Waals surface area contributed by atoms with Crippen LogP contribution in [0.1, 0.15) is 32.6 Å². The van der Waals surface area contributed by atoms with Crippen molar-refractivity contribution in [1.29, 1.82) is 0 Å².